The van der Waals surface area contributed by atoms with Gasteiger partial charge in [0.25, 0.3) is 0 Å². The lowest BCUT2D eigenvalue weighted by Gasteiger charge is -2.55. The molecule has 0 aromatic carbocycles. The quantitative estimate of drug-likeness (QED) is 0.427. The number of carbonyl (C=O) groups is 1. The van der Waals surface area contributed by atoms with Crippen LogP contribution in [0.25, 0.3) is 0 Å². The van der Waals surface area contributed by atoms with Gasteiger partial charge in [0.05, 0.1) is 11.5 Å². The fourth-order valence-electron chi connectivity index (χ4n) is 7.33. The highest BCUT2D eigenvalue weighted by molar-refractivity contribution is 5.78. The van der Waals surface area contributed by atoms with Crippen molar-refractivity contribution in [1.29, 1.82) is 0 Å². The van der Waals surface area contributed by atoms with Crippen LogP contribution in [0.3, 0.4) is 0 Å². The SMILES string of the molecule is CC1(C)CC(OC(=O)C2(C)CC(C)(C(O)OC3CC(C)(C)NC(C)(C)C3)C2)CC(C)(C)N1. The second-order valence-corrected chi connectivity index (χ2v) is 14.3. The fraction of sp³-hybridized carbons (Fsp3) is 0.962. The van der Waals surface area contributed by atoms with E-state index in [-0.39, 0.29) is 40.3 Å². The molecule has 3 N–H and O–H groups in total. The predicted octanol–water partition coefficient (Wildman–Crippen LogP) is 4.29. The molecular weight excluding hydrogens is 404 g/mol. The van der Waals surface area contributed by atoms with Crippen LogP contribution in [0.5, 0.6) is 0 Å². The number of esters is 1. The summed E-state index contributed by atoms with van der Waals surface area (Å²) in [6.07, 6.45) is 3.50. The molecule has 0 radical (unpaired) electrons. The molecule has 0 bridgehead atoms. The molecule has 0 amide bonds. The minimum Gasteiger partial charge on any atom is -0.462 e. The zero-order valence-corrected chi connectivity index (χ0v) is 22.1. The monoisotopic (exact) mass is 452 g/mol. The molecule has 6 nitrogen and oxygen atoms in total. The molecule has 1 saturated carbocycles. The van der Waals surface area contributed by atoms with Crippen LogP contribution >= 0.6 is 0 Å². The third-order valence-corrected chi connectivity index (χ3v) is 7.58. The lowest BCUT2D eigenvalue weighted by atomic mass is 9.54. The van der Waals surface area contributed by atoms with Crippen molar-refractivity contribution >= 4 is 5.97 Å². The third kappa shape index (κ3) is 5.86. The second-order valence-electron chi connectivity index (χ2n) is 14.3. The first-order chi connectivity index (χ1) is 14.2. The summed E-state index contributed by atoms with van der Waals surface area (Å²) in [4.78, 5) is 13.1. The summed E-state index contributed by atoms with van der Waals surface area (Å²) >= 11 is 0. The number of hydrogen-bond acceptors (Lipinski definition) is 6. The van der Waals surface area contributed by atoms with E-state index in [0.29, 0.717) is 12.8 Å². The first kappa shape index (κ1) is 25.9. The van der Waals surface area contributed by atoms with Crippen LogP contribution in [0.15, 0.2) is 0 Å². The molecule has 2 aliphatic heterocycles. The van der Waals surface area contributed by atoms with Gasteiger partial charge in [-0.1, -0.05) is 6.92 Å². The Morgan fingerprint density at radius 3 is 1.53 bits per heavy atom. The summed E-state index contributed by atoms with van der Waals surface area (Å²) in [5, 5.41) is 18.3. The Hall–Kier alpha value is -0.690. The Balaban J connectivity index is 1.57. The third-order valence-electron chi connectivity index (χ3n) is 7.58. The van der Waals surface area contributed by atoms with E-state index in [0.717, 1.165) is 25.7 Å². The lowest BCUT2D eigenvalue weighted by molar-refractivity contribution is -0.255. The van der Waals surface area contributed by atoms with Crippen LogP contribution in [-0.4, -0.2) is 51.7 Å². The van der Waals surface area contributed by atoms with Crippen molar-refractivity contribution < 1.29 is 19.4 Å². The average molecular weight is 453 g/mol. The molecule has 1 aliphatic carbocycles. The van der Waals surface area contributed by atoms with Gasteiger partial charge in [-0.3, -0.25) is 4.79 Å². The van der Waals surface area contributed by atoms with E-state index in [9.17, 15) is 9.90 Å². The molecule has 1 unspecified atom stereocenters. The van der Waals surface area contributed by atoms with Crippen LogP contribution in [-0.2, 0) is 14.3 Å². The zero-order chi connectivity index (χ0) is 24.4. The van der Waals surface area contributed by atoms with Gasteiger partial charge in [0.1, 0.15) is 6.10 Å². The summed E-state index contributed by atoms with van der Waals surface area (Å²) in [6.45, 7) is 21.4. The molecule has 0 aromatic heterocycles. The standard InChI is InChI=1S/C26H48N2O4/c1-21(2)11-17(12-22(3,4)27-21)31-19(29)25(9)15-26(10,16-25)20(30)32-18-13-23(5,6)28-24(7,8)14-18/h17-19,27-29H,11-16H2,1-10H3. The summed E-state index contributed by atoms with van der Waals surface area (Å²) in [7, 11) is 0. The van der Waals surface area contributed by atoms with Gasteiger partial charge < -0.3 is 25.2 Å². The Morgan fingerprint density at radius 2 is 1.12 bits per heavy atom. The Labute approximate surface area is 195 Å². The second kappa shape index (κ2) is 7.93. The van der Waals surface area contributed by atoms with Gasteiger partial charge in [-0.25, -0.2) is 0 Å². The van der Waals surface area contributed by atoms with Crippen LogP contribution < -0.4 is 10.6 Å². The molecule has 2 saturated heterocycles. The normalized spacial score (nSPS) is 37.3. The molecule has 186 valence electrons. The number of nitrogens with one attached hydrogen (secondary N) is 2. The summed E-state index contributed by atoms with van der Waals surface area (Å²) in [6, 6.07) is 0. The molecule has 3 aliphatic rings. The van der Waals surface area contributed by atoms with Crippen LogP contribution in [0.2, 0.25) is 0 Å². The smallest absolute Gasteiger partial charge is 0.312 e. The van der Waals surface area contributed by atoms with E-state index in [1.807, 2.05) is 13.8 Å². The topological polar surface area (TPSA) is 79.8 Å². The first-order valence-electron chi connectivity index (χ1n) is 12.4. The van der Waals surface area contributed by atoms with Crippen LogP contribution in [0.1, 0.15) is 108 Å². The maximum Gasteiger partial charge on any atom is 0.312 e. The summed E-state index contributed by atoms with van der Waals surface area (Å²) in [5.41, 5.74) is -1.21. The lowest BCUT2D eigenvalue weighted by Crippen LogP contribution is -2.62. The van der Waals surface area contributed by atoms with Crippen molar-refractivity contribution in [3.05, 3.63) is 0 Å². The number of aliphatic hydroxyl groups excluding tert-OH is 1. The van der Waals surface area contributed by atoms with E-state index < -0.39 is 17.1 Å². The number of carbonyl (C=O) groups excluding carboxylic acids is 1. The molecule has 32 heavy (non-hydrogen) atoms. The molecule has 1 atom stereocenters. The van der Waals surface area contributed by atoms with Gasteiger partial charge in [-0.15, -0.1) is 0 Å². The van der Waals surface area contributed by atoms with Gasteiger partial charge in [-0.2, -0.15) is 0 Å². The van der Waals surface area contributed by atoms with Gasteiger partial charge in [-0.05, 0) is 88.0 Å². The van der Waals surface area contributed by atoms with Crippen molar-refractivity contribution in [2.45, 2.75) is 148 Å². The molecule has 3 rings (SSSR count). The molecule has 6 heteroatoms. The Kier molecular flexibility index (Phi) is 6.42. The van der Waals surface area contributed by atoms with Gasteiger partial charge in [0.15, 0.2) is 6.29 Å². The number of ether oxygens (including phenoxy) is 2. The van der Waals surface area contributed by atoms with Gasteiger partial charge in [0.2, 0.25) is 0 Å². The minimum atomic E-state index is -0.880. The number of hydrogen-bond donors (Lipinski definition) is 3. The van der Waals surface area contributed by atoms with Crippen molar-refractivity contribution in [2.24, 2.45) is 10.8 Å². The summed E-state index contributed by atoms with van der Waals surface area (Å²) < 4.78 is 12.2. The van der Waals surface area contributed by atoms with E-state index in [4.69, 9.17) is 9.47 Å². The van der Waals surface area contributed by atoms with E-state index in [1.165, 1.54) is 0 Å². The fourth-order valence-corrected chi connectivity index (χ4v) is 7.33. The van der Waals surface area contributed by atoms with E-state index in [1.54, 1.807) is 0 Å². The highest BCUT2D eigenvalue weighted by Crippen LogP contribution is 2.57. The maximum atomic E-state index is 13.1. The molecule has 0 aromatic rings. The zero-order valence-electron chi connectivity index (χ0n) is 22.1. The molecule has 2 heterocycles. The highest BCUT2D eigenvalue weighted by Gasteiger charge is 2.59. The molecular formula is C26H48N2O4. The minimum absolute atomic E-state index is 0.00826. The molecule has 3 fully saturated rings. The van der Waals surface area contributed by atoms with Crippen molar-refractivity contribution in [3.63, 3.8) is 0 Å². The van der Waals surface area contributed by atoms with E-state index in [2.05, 4.69) is 66.0 Å². The Bertz CT molecular complexity index is 689. The van der Waals surface area contributed by atoms with Crippen molar-refractivity contribution in [2.75, 3.05) is 0 Å². The number of aliphatic hydroxyl groups is 1. The van der Waals surface area contributed by atoms with Gasteiger partial charge in [0, 0.05) is 40.4 Å². The Morgan fingerprint density at radius 1 is 0.750 bits per heavy atom. The average Bonchev–Trinajstić information content (AvgIpc) is 2.46. The van der Waals surface area contributed by atoms with Crippen LogP contribution in [0.4, 0.5) is 0 Å². The van der Waals surface area contributed by atoms with Crippen molar-refractivity contribution in [3.8, 4) is 0 Å². The van der Waals surface area contributed by atoms with Gasteiger partial charge >= 0.3 is 5.97 Å². The molecule has 0 spiro atoms. The number of piperidine rings is 2. The van der Waals surface area contributed by atoms with Crippen LogP contribution in [0, 0.1) is 10.8 Å². The summed E-state index contributed by atoms with van der Waals surface area (Å²) in [5.74, 6) is -0.134. The predicted molar refractivity (Wildman–Crippen MR) is 127 cm³/mol. The highest BCUT2D eigenvalue weighted by atomic mass is 16.6. The maximum absolute atomic E-state index is 13.1. The first-order valence-corrected chi connectivity index (χ1v) is 12.4. The van der Waals surface area contributed by atoms with E-state index >= 15 is 0 Å². The van der Waals surface area contributed by atoms with Crippen molar-refractivity contribution in [1.82, 2.24) is 10.6 Å². The number of rotatable bonds is 5. The largest absolute Gasteiger partial charge is 0.462 e.